The maximum atomic E-state index is 13.2. The Hall–Kier alpha value is -2.70. The lowest BCUT2D eigenvalue weighted by Crippen LogP contribution is -2.33. The molecule has 0 radical (unpaired) electrons. The molecule has 2 heterocycles. The van der Waals surface area contributed by atoms with E-state index >= 15 is 0 Å². The van der Waals surface area contributed by atoms with Crippen LogP contribution in [0.2, 0.25) is 0 Å². The van der Waals surface area contributed by atoms with Crippen molar-refractivity contribution < 1.29 is 9.53 Å². The van der Waals surface area contributed by atoms with Crippen LogP contribution >= 0.6 is 11.3 Å². The molecule has 1 amide bonds. The number of rotatable bonds is 9. The third kappa shape index (κ3) is 6.89. The highest BCUT2D eigenvalue weighted by atomic mass is 32.1. The zero-order chi connectivity index (χ0) is 22.9. The molecule has 4 rings (SSSR count). The predicted molar refractivity (Wildman–Crippen MR) is 135 cm³/mol. The van der Waals surface area contributed by atoms with Crippen molar-refractivity contribution in [1.82, 2.24) is 10.3 Å². The molecule has 2 aromatic heterocycles. The van der Waals surface area contributed by atoms with Crippen molar-refractivity contribution >= 4 is 22.4 Å². The molecule has 1 aliphatic rings. The number of benzene rings is 1. The summed E-state index contributed by atoms with van der Waals surface area (Å²) in [6.07, 6.45) is 11.0. The Labute approximate surface area is 200 Å². The van der Waals surface area contributed by atoms with E-state index in [-0.39, 0.29) is 0 Å². The van der Waals surface area contributed by atoms with Crippen LogP contribution in [0.25, 0.3) is 0 Å². The van der Waals surface area contributed by atoms with E-state index in [1.807, 2.05) is 53.9 Å². The second-order valence-corrected chi connectivity index (χ2v) is 9.82. The predicted octanol–water partition coefficient (Wildman–Crippen LogP) is 6.80. The van der Waals surface area contributed by atoms with Crippen molar-refractivity contribution in [2.75, 3.05) is 4.90 Å². The standard InChI is InChI=1S/C27H33N3O2S/c1-21(17-22-9-4-2-5-10-22)29-18-24-14-15-28-19-25(24)32-27(31)30(26-13-8-16-33-26)20-23-11-6-3-7-12-23/h3,6-8,11-16,19,21-22,29H,2,4-5,9-10,17-18,20H2,1H3. The van der Waals surface area contributed by atoms with Gasteiger partial charge in [0.1, 0.15) is 5.00 Å². The number of hydrogen-bond acceptors (Lipinski definition) is 5. The summed E-state index contributed by atoms with van der Waals surface area (Å²) in [4.78, 5) is 19.1. The van der Waals surface area contributed by atoms with Gasteiger partial charge in [-0.2, -0.15) is 0 Å². The van der Waals surface area contributed by atoms with Crippen molar-refractivity contribution in [3.8, 4) is 5.75 Å². The number of nitrogens with zero attached hydrogens (tertiary/aromatic N) is 2. The van der Waals surface area contributed by atoms with Gasteiger partial charge in [0.05, 0.1) is 12.7 Å². The van der Waals surface area contributed by atoms with Crippen molar-refractivity contribution in [2.24, 2.45) is 5.92 Å². The second kappa shape index (κ2) is 12.0. The number of thiophene rings is 1. The second-order valence-electron chi connectivity index (χ2n) is 8.90. The Morgan fingerprint density at radius 3 is 2.73 bits per heavy atom. The molecule has 174 valence electrons. The fourth-order valence-corrected chi connectivity index (χ4v) is 5.23. The molecule has 0 spiro atoms. The molecular formula is C27H33N3O2S. The molecular weight excluding hydrogens is 430 g/mol. The van der Waals surface area contributed by atoms with Gasteiger partial charge in [-0.3, -0.25) is 9.88 Å². The molecule has 1 unspecified atom stereocenters. The van der Waals surface area contributed by atoms with E-state index in [0.29, 0.717) is 24.9 Å². The third-order valence-corrected chi connectivity index (χ3v) is 7.19. The maximum absolute atomic E-state index is 13.2. The van der Waals surface area contributed by atoms with Gasteiger partial charge >= 0.3 is 6.09 Å². The van der Waals surface area contributed by atoms with Gasteiger partial charge in [0.25, 0.3) is 0 Å². The molecule has 33 heavy (non-hydrogen) atoms. The van der Waals surface area contributed by atoms with Gasteiger partial charge in [0, 0.05) is 24.3 Å². The van der Waals surface area contributed by atoms with Crippen LogP contribution in [0.5, 0.6) is 5.75 Å². The number of carbonyl (C=O) groups is 1. The van der Waals surface area contributed by atoms with Gasteiger partial charge in [-0.15, -0.1) is 11.3 Å². The van der Waals surface area contributed by atoms with Crippen LogP contribution < -0.4 is 15.0 Å². The lowest BCUT2D eigenvalue weighted by Gasteiger charge is -2.25. The molecule has 6 heteroatoms. The summed E-state index contributed by atoms with van der Waals surface area (Å²) in [5.41, 5.74) is 1.99. The minimum atomic E-state index is -0.397. The summed E-state index contributed by atoms with van der Waals surface area (Å²) in [7, 11) is 0. The van der Waals surface area contributed by atoms with E-state index < -0.39 is 6.09 Å². The fourth-order valence-electron chi connectivity index (χ4n) is 4.51. The van der Waals surface area contributed by atoms with Crippen LogP contribution in [0.1, 0.15) is 56.6 Å². The Kier molecular flexibility index (Phi) is 8.50. The van der Waals surface area contributed by atoms with E-state index in [1.54, 1.807) is 17.3 Å². The number of nitrogens with one attached hydrogen (secondary N) is 1. The summed E-state index contributed by atoms with van der Waals surface area (Å²) in [5, 5.41) is 6.45. The minimum Gasteiger partial charge on any atom is -0.408 e. The van der Waals surface area contributed by atoms with Crippen LogP contribution in [-0.4, -0.2) is 17.1 Å². The highest BCUT2D eigenvalue weighted by molar-refractivity contribution is 7.14. The number of anilines is 1. The fraction of sp³-hybridized carbons (Fsp3) is 0.407. The number of hydrogen-bond donors (Lipinski definition) is 1. The molecule has 1 N–H and O–H groups in total. The Bertz CT molecular complexity index is 988. The number of ether oxygens (including phenoxy) is 1. The summed E-state index contributed by atoms with van der Waals surface area (Å²) >= 11 is 1.52. The van der Waals surface area contributed by atoms with E-state index in [0.717, 1.165) is 22.0 Å². The first-order chi connectivity index (χ1) is 16.2. The van der Waals surface area contributed by atoms with E-state index in [4.69, 9.17) is 4.74 Å². The molecule has 1 aliphatic carbocycles. The highest BCUT2D eigenvalue weighted by Crippen LogP contribution is 2.28. The van der Waals surface area contributed by atoms with E-state index in [2.05, 4.69) is 17.2 Å². The maximum Gasteiger partial charge on any atom is 0.420 e. The van der Waals surface area contributed by atoms with Crippen LogP contribution in [-0.2, 0) is 13.1 Å². The Balaban J connectivity index is 1.40. The first-order valence-corrected chi connectivity index (χ1v) is 12.8. The van der Waals surface area contributed by atoms with Crippen LogP contribution in [0.15, 0.2) is 66.3 Å². The first kappa shape index (κ1) is 23.5. The van der Waals surface area contributed by atoms with Crippen LogP contribution in [0.4, 0.5) is 9.80 Å². The average molecular weight is 464 g/mol. The normalized spacial score (nSPS) is 15.2. The van der Waals surface area contributed by atoms with Crippen molar-refractivity contribution in [3.05, 3.63) is 77.4 Å². The van der Waals surface area contributed by atoms with Gasteiger partial charge in [0.2, 0.25) is 0 Å². The van der Waals surface area contributed by atoms with Gasteiger partial charge < -0.3 is 10.1 Å². The first-order valence-electron chi connectivity index (χ1n) is 11.9. The molecule has 5 nitrogen and oxygen atoms in total. The lowest BCUT2D eigenvalue weighted by atomic mass is 9.85. The molecule has 1 saturated carbocycles. The van der Waals surface area contributed by atoms with Crippen molar-refractivity contribution in [3.63, 3.8) is 0 Å². The zero-order valence-corrected chi connectivity index (χ0v) is 20.1. The number of pyridine rings is 1. The summed E-state index contributed by atoms with van der Waals surface area (Å²) < 4.78 is 5.88. The summed E-state index contributed by atoms with van der Waals surface area (Å²) in [6.45, 7) is 3.35. The van der Waals surface area contributed by atoms with Crippen LogP contribution in [0, 0.1) is 5.92 Å². The Morgan fingerprint density at radius 2 is 1.97 bits per heavy atom. The molecule has 1 aromatic carbocycles. The smallest absolute Gasteiger partial charge is 0.408 e. The number of carbonyl (C=O) groups excluding carboxylic acids is 1. The molecule has 1 fully saturated rings. The highest BCUT2D eigenvalue weighted by Gasteiger charge is 2.21. The Morgan fingerprint density at radius 1 is 1.15 bits per heavy atom. The van der Waals surface area contributed by atoms with Gasteiger partial charge in [-0.25, -0.2) is 4.79 Å². The largest absolute Gasteiger partial charge is 0.420 e. The molecule has 1 atom stereocenters. The average Bonchev–Trinajstić information content (AvgIpc) is 3.38. The van der Waals surface area contributed by atoms with Crippen molar-refractivity contribution in [2.45, 2.75) is 64.6 Å². The third-order valence-electron chi connectivity index (χ3n) is 6.30. The molecule has 0 saturated heterocycles. The van der Waals surface area contributed by atoms with Gasteiger partial charge in [-0.05, 0) is 48.4 Å². The van der Waals surface area contributed by atoms with Crippen molar-refractivity contribution in [1.29, 1.82) is 0 Å². The minimum absolute atomic E-state index is 0.397. The van der Waals surface area contributed by atoms with E-state index in [1.165, 1.54) is 49.9 Å². The van der Waals surface area contributed by atoms with Gasteiger partial charge in [-0.1, -0.05) is 62.4 Å². The number of aromatic nitrogens is 1. The van der Waals surface area contributed by atoms with Crippen LogP contribution in [0.3, 0.4) is 0 Å². The number of amides is 1. The molecule has 0 bridgehead atoms. The monoisotopic (exact) mass is 463 g/mol. The van der Waals surface area contributed by atoms with Gasteiger partial charge in [0.15, 0.2) is 5.75 Å². The molecule has 0 aliphatic heterocycles. The summed E-state index contributed by atoms with van der Waals surface area (Å²) in [5.74, 6) is 1.34. The quantitative estimate of drug-likeness (QED) is 0.379. The molecule has 3 aromatic rings. The zero-order valence-electron chi connectivity index (χ0n) is 19.3. The lowest BCUT2D eigenvalue weighted by molar-refractivity contribution is 0.206. The SMILES string of the molecule is CC(CC1CCCCC1)NCc1ccncc1OC(=O)N(Cc1ccccc1)c1cccs1. The van der Waals surface area contributed by atoms with E-state index in [9.17, 15) is 4.79 Å². The summed E-state index contributed by atoms with van der Waals surface area (Å²) in [6, 6.07) is 16.2. The topological polar surface area (TPSA) is 54.5 Å².